The normalized spacial score (nSPS) is 11.6. The van der Waals surface area contributed by atoms with E-state index < -0.39 is 9.84 Å². The van der Waals surface area contributed by atoms with Crippen LogP contribution < -0.4 is 0 Å². The average molecular weight is 297 g/mol. The monoisotopic (exact) mass is 296 g/mol. The van der Waals surface area contributed by atoms with Crippen LogP contribution in [-0.2, 0) is 9.84 Å². The lowest BCUT2D eigenvalue weighted by Gasteiger charge is -1.98. The lowest BCUT2D eigenvalue weighted by atomic mass is 10.7. The summed E-state index contributed by atoms with van der Waals surface area (Å²) in [7, 11) is -2.89. The molecule has 4 nitrogen and oxygen atoms in total. The minimum atomic E-state index is -2.89. The molecule has 0 amide bonds. The number of hydrogen-bond acceptors (Lipinski definition) is 5. The second-order valence-corrected chi connectivity index (χ2v) is 6.90. The summed E-state index contributed by atoms with van der Waals surface area (Å²) in [6.07, 6.45) is 4.49. The van der Waals surface area contributed by atoms with E-state index in [0.29, 0.717) is 10.9 Å². The van der Waals surface area contributed by atoms with Gasteiger partial charge in [-0.1, -0.05) is 11.8 Å². The molecule has 1 heterocycles. The molecule has 0 radical (unpaired) electrons. The van der Waals surface area contributed by atoms with E-state index in [9.17, 15) is 8.42 Å². The van der Waals surface area contributed by atoms with Gasteiger partial charge < -0.3 is 0 Å². The molecule has 0 saturated heterocycles. The Balaban J connectivity index is 2.43. The van der Waals surface area contributed by atoms with Crippen molar-refractivity contribution in [3.05, 3.63) is 16.9 Å². The van der Waals surface area contributed by atoms with Crippen molar-refractivity contribution in [3.8, 4) is 0 Å². The van der Waals surface area contributed by atoms with Crippen LogP contribution >= 0.6 is 27.7 Å². The Morgan fingerprint density at radius 2 is 2.00 bits per heavy atom. The summed E-state index contributed by atoms with van der Waals surface area (Å²) in [5.41, 5.74) is 0. The fourth-order valence-corrected chi connectivity index (χ4v) is 2.85. The first-order chi connectivity index (χ1) is 6.47. The van der Waals surface area contributed by atoms with Crippen LogP contribution in [0.25, 0.3) is 0 Å². The summed E-state index contributed by atoms with van der Waals surface area (Å²) >= 11 is 4.55. The standard InChI is InChI=1S/C7H9BrN2O2S2/c1-14(11,12)3-2-13-7-9-4-6(8)5-10-7/h4-5H,2-3H2,1H3. The van der Waals surface area contributed by atoms with E-state index >= 15 is 0 Å². The van der Waals surface area contributed by atoms with Crippen molar-refractivity contribution in [1.82, 2.24) is 9.97 Å². The molecule has 78 valence electrons. The molecule has 0 aromatic carbocycles. The first kappa shape index (κ1) is 11.9. The molecule has 0 aliphatic rings. The van der Waals surface area contributed by atoms with E-state index in [1.165, 1.54) is 18.0 Å². The van der Waals surface area contributed by atoms with Gasteiger partial charge in [-0.3, -0.25) is 0 Å². The highest BCUT2D eigenvalue weighted by molar-refractivity contribution is 9.10. The molecule has 0 N–H and O–H groups in total. The van der Waals surface area contributed by atoms with Crippen LogP contribution in [0.2, 0.25) is 0 Å². The molecule has 0 aliphatic carbocycles. The summed E-state index contributed by atoms with van der Waals surface area (Å²) in [5.74, 6) is 0.636. The third-order valence-corrected chi connectivity index (χ3v) is 3.77. The predicted molar refractivity (Wildman–Crippen MR) is 60.2 cm³/mol. The molecule has 0 aliphatic heterocycles. The van der Waals surface area contributed by atoms with Crippen molar-refractivity contribution in [3.63, 3.8) is 0 Å². The summed E-state index contributed by atoms with van der Waals surface area (Å²) in [5, 5.41) is 0.594. The maximum Gasteiger partial charge on any atom is 0.187 e. The van der Waals surface area contributed by atoms with Crippen molar-refractivity contribution in [2.24, 2.45) is 0 Å². The van der Waals surface area contributed by atoms with Crippen LogP contribution in [0.5, 0.6) is 0 Å². The minimum absolute atomic E-state index is 0.150. The zero-order valence-corrected chi connectivity index (χ0v) is 10.7. The highest BCUT2D eigenvalue weighted by atomic mass is 79.9. The smallest absolute Gasteiger partial charge is 0.187 e. The quantitative estimate of drug-likeness (QED) is 0.620. The maximum absolute atomic E-state index is 10.8. The fraction of sp³-hybridized carbons (Fsp3) is 0.429. The van der Waals surface area contributed by atoms with Crippen molar-refractivity contribution < 1.29 is 8.42 Å². The van der Waals surface area contributed by atoms with Crippen LogP contribution in [0.3, 0.4) is 0 Å². The van der Waals surface area contributed by atoms with E-state index in [-0.39, 0.29) is 5.75 Å². The van der Waals surface area contributed by atoms with Gasteiger partial charge in [0.2, 0.25) is 0 Å². The van der Waals surface area contributed by atoms with Crippen molar-refractivity contribution in [2.75, 3.05) is 17.8 Å². The Bertz CT molecular complexity index is 391. The van der Waals surface area contributed by atoms with Crippen molar-refractivity contribution in [2.45, 2.75) is 5.16 Å². The van der Waals surface area contributed by atoms with Gasteiger partial charge in [0.25, 0.3) is 0 Å². The number of aromatic nitrogens is 2. The Morgan fingerprint density at radius 3 is 2.50 bits per heavy atom. The Hall–Kier alpha value is -0.140. The topological polar surface area (TPSA) is 59.9 Å². The molecule has 14 heavy (non-hydrogen) atoms. The van der Waals surface area contributed by atoms with Gasteiger partial charge in [-0.15, -0.1) is 0 Å². The molecule has 0 spiro atoms. The Labute approximate surface area is 95.6 Å². The second kappa shape index (κ2) is 5.09. The number of thioether (sulfide) groups is 1. The van der Waals surface area contributed by atoms with Gasteiger partial charge in [0.15, 0.2) is 5.16 Å². The first-order valence-corrected chi connectivity index (χ1v) is 7.59. The molecule has 0 unspecified atom stereocenters. The van der Waals surface area contributed by atoms with Gasteiger partial charge >= 0.3 is 0 Å². The molecule has 0 fully saturated rings. The molecular weight excluding hydrogens is 288 g/mol. The third kappa shape index (κ3) is 4.92. The van der Waals surface area contributed by atoms with Gasteiger partial charge in [0.05, 0.1) is 10.2 Å². The van der Waals surface area contributed by atoms with Crippen LogP contribution in [0, 0.1) is 0 Å². The lowest BCUT2D eigenvalue weighted by Crippen LogP contribution is -2.05. The molecular formula is C7H9BrN2O2S2. The zero-order valence-electron chi connectivity index (χ0n) is 7.47. The largest absolute Gasteiger partial charge is 0.230 e. The number of hydrogen-bond donors (Lipinski definition) is 0. The minimum Gasteiger partial charge on any atom is -0.230 e. The molecule has 1 aromatic rings. The molecule has 0 bridgehead atoms. The van der Waals surface area contributed by atoms with E-state index in [4.69, 9.17) is 0 Å². The van der Waals surface area contributed by atoms with E-state index in [2.05, 4.69) is 25.9 Å². The van der Waals surface area contributed by atoms with Gasteiger partial charge in [-0.25, -0.2) is 18.4 Å². The zero-order chi connectivity index (χ0) is 10.6. The summed E-state index contributed by atoms with van der Waals surface area (Å²) < 4.78 is 22.4. The lowest BCUT2D eigenvalue weighted by molar-refractivity contribution is 0.603. The van der Waals surface area contributed by atoms with Crippen LogP contribution in [0.1, 0.15) is 0 Å². The second-order valence-electron chi connectivity index (χ2n) is 2.66. The fourth-order valence-electron chi connectivity index (χ4n) is 0.659. The van der Waals surface area contributed by atoms with Gasteiger partial charge in [0.1, 0.15) is 9.84 Å². The maximum atomic E-state index is 10.8. The highest BCUT2D eigenvalue weighted by Crippen LogP contribution is 2.14. The molecule has 1 aromatic heterocycles. The van der Waals surface area contributed by atoms with Gasteiger partial charge in [-0.05, 0) is 15.9 Å². The SMILES string of the molecule is CS(=O)(=O)CCSc1ncc(Br)cn1. The molecule has 0 saturated carbocycles. The van der Waals surface area contributed by atoms with E-state index in [0.717, 1.165) is 4.47 Å². The molecule has 7 heteroatoms. The molecule has 1 rings (SSSR count). The number of rotatable bonds is 4. The summed E-state index contributed by atoms with van der Waals surface area (Å²) in [6, 6.07) is 0. The summed E-state index contributed by atoms with van der Waals surface area (Å²) in [6.45, 7) is 0. The highest BCUT2D eigenvalue weighted by Gasteiger charge is 2.03. The van der Waals surface area contributed by atoms with Crippen molar-refractivity contribution >= 4 is 37.5 Å². The van der Waals surface area contributed by atoms with Crippen molar-refractivity contribution in [1.29, 1.82) is 0 Å². The van der Waals surface area contributed by atoms with Gasteiger partial charge in [-0.2, -0.15) is 0 Å². The third-order valence-electron chi connectivity index (χ3n) is 1.28. The Morgan fingerprint density at radius 1 is 1.43 bits per heavy atom. The number of sulfone groups is 1. The molecule has 0 atom stereocenters. The van der Waals surface area contributed by atoms with Crippen LogP contribution in [-0.4, -0.2) is 36.1 Å². The first-order valence-electron chi connectivity index (χ1n) is 3.75. The Kier molecular flexibility index (Phi) is 4.33. The van der Waals surface area contributed by atoms with Crippen LogP contribution in [0.15, 0.2) is 22.0 Å². The van der Waals surface area contributed by atoms with Crippen LogP contribution in [0.4, 0.5) is 0 Å². The number of halogens is 1. The van der Waals surface area contributed by atoms with E-state index in [1.54, 1.807) is 12.4 Å². The number of nitrogens with zero attached hydrogens (tertiary/aromatic N) is 2. The summed E-state index contributed by atoms with van der Waals surface area (Å²) in [4.78, 5) is 8.02. The van der Waals surface area contributed by atoms with Gasteiger partial charge in [0, 0.05) is 24.4 Å². The van der Waals surface area contributed by atoms with E-state index in [1.807, 2.05) is 0 Å². The predicted octanol–water partition coefficient (Wildman–Crippen LogP) is 1.38. The average Bonchev–Trinajstić information content (AvgIpc) is 2.06.